The van der Waals surface area contributed by atoms with Gasteiger partial charge in [0.25, 0.3) is 0 Å². The Morgan fingerprint density at radius 3 is 2.44 bits per heavy atom. The molecule has 0 aliphatic rings. The average molecular weight is 424 g/mol. The van der Waals surface area contributed by atoms with Crippen LogP contribution in [0.5, 0.6) is 11.5 Å². The summed E-state index contributed by atoms with van der Waals surface area (Å²) >= 11 is 3.44. The number of aliphatic imine (C=N–C) groups is 1. The quantitative estimate of drug-likeness (QED) is 0.429. The van der Waals surface area contributed by atoms with E-state index >= 15 is 0 Å². The van der Waals surface area contributed by atoms with Gasteiger partial charge in [-0.05, 0) is 72.5 Å². The number of hydrogen-bond acceptors (Lipinski definition) is 3. The molecule has 0 heterocycles. The van der Waals surface area contributed by atoms with E-state index in [2.05, 4.69) is 53.0 Å². The molecule has 0 saturated heterocycles. The average Bonchev–Trinajstić information content (AvgIpc) is 2.68. The Labute approximate surface area is 168 Å². The normalized spacial score (nSPS) is 11.0. The molecule has 0 N–H and O–H groups in total. The molecular weight excluding hydrogens is 402 g/mol. The lowest BCUT2D eigenvalue weighted by atomic mass is 10.1. The number of halogens is 1. The van der Waals surface area contributed by atoms with Crippen LogP contribution in [0, 0.1) is 13.8 Å². The van der Waals surface area contributed by atoms with Crippen molar-refractivity contribution in [1.82, 2.24) is 0 Å². The molecule has 3 nitrogen and oxygen atoms in total. The minimum absolute atomic E-state index is 0.486. The van der Waals surface area contributed by atoms with Crippen molar-refractivity contribution in [2.75, 3.05) is 7.11 Å². The van der Waals surface area contributed by atoms with Crippen LogP contribution in [0.4, 0.5) is 5.69 Å². The van der Waals surface area contributed by atoms with Gasteiger partial charge in [-0.1, -0.05) is 40.2 Å². The van der Waals surface area contributed by atoms with Crippen LogP contribution in [0.1, 0.15) is 22.3 Å². The van der Waals surface area contributed by atoms with Crippen molar-refractivity contribution < 1.29 is 9.47 Å². The van der Waals surface area contributed by atoms with Gasteiger partial charge in [-0.25, -0.2) is 0 Å². The van der Waals surface area contributed by atoms with E-state index in [0.29, 0.717) is 18.1 Å². The molecule has 3 aromatic rings. The first-order valence-electron chi connectivity index (χ1n) is 8.72. The van der Waals surface area contributed by atoms with Gasteiger partial charge >= 0.3 is 0 Å². The van der Waals surface area contributed by atoms with E-state index in [0.717, 1.165) is 26.9 Å². The zero-order valence-electron chi connectivity index (χ0n) is 15.7. The molecule has 3 rings (SSSR count). The van der Waals surface area contributed by atoms with E-state index in [9.17, 15) is 0 Å². The second-order valence-electron chi connectivity index (χ2n) is 6.37. The first-order chi connectivity index (χ1) is 13.0. The topological polar surface area (TPSA) is 30.8 Å². The highest BCUT2D eigenvalue weighted by molar-refractivity contribution is 9.10. The Balaban J connectivity index is 1.74. The van der Waals surface area contributed by atoms with E-state index in [4.69, 9.17) is 9.47 Å². The van der Waals surface area contributed by atoms with E-state index in [-0.39, 0.29) is 0 Å². The Kier molecular flexibility index (Phi) is 6.30. The molecule has 0 bridgehead atoms. The van der Waals surface area contributed by atoms with Gasteiger partial charge in [0.15, 0.2) is 11.5 Å². The van der Waals surface area contributed by atoms with Gasteiger partial charge in [0.05, 0.1) is 12.8 Å². The molecule has 0 aliphatic carbocycles. The summed E-state index contributed by atoms with van der Waals surface area (Å²) < 4.78 is 12.5. The van der Waals surface area contributed by atoms with Crippen molar-refractivity contribution in [2.24, 2.45) is 4.99 Å². The van der Waals surface area contributed by atoms with E-state index < -0.39 is 0 Å². The maximum absolute atomic E-state index is 5.92. The Bertz CT molecular complexity index is 949. The highest BCUT2D eigenvalue weighted by atomic mass is 79.9. The van der Waals surface area contributed by atoms with Gasteiger partial charge in [-0.15, -0.1) is 0 Å². The van der Waals surface area contributed by atoms with Crippen molar-refractivity contribution in [3.63, 3.8) is 0 Å². The summed E-state index contributed by atoms with van der Waals surface area (Å²) in [6, 6.07) is 20.2. The van der Waals surface area contributed by atoms with Crippen LogP contribution in [0.15, 0.2) is 70.1 Å². The Hall–Kier alpha value is -2.59. The lowest BCUT2D eigenvalue weighted by Crippen LogP contribution is -1.98. The standard InChI is InChI=1S/C23H22BrNO2/c1-16-4-5-17(2)21(12-16)25-14-19-8-11-22(23(13-19)26-3)27-15-18-6-9-20(24)10-7-18/h4-14H,15H2,1-3H3. The number of nitrogens with zero attached hydrogens (tertiary/aromatic N) is 1. The van der Waals surface area contributed by atoms with Gasteiger partial charge in [0, 0.05) is 10.7 Å². The Morgan fingerprint density at radius 1 is 0.926 bits per heavy atom. The molecule has 3 aromatic carbocycles. The monoisotopic (exact) mass is 423 g/mol. The first kappa shape index (κ1) is 19.2. The first-order valence-corrected chi connectivity index (χ1v) is 9.51. The van der Waals surface area contributed by atoms with Gasteiger partial charge in [-0.3, -0.25) is 4.99 Å². The van der Waals surface area contributed by atoms with Crippen molar-refractivity contribution in [3.8, 4) is 11.5 Å². The van der Waals surface area contributed by atoms with E-state index in [1.807, 2.05) is 48.7 Å². The maximum Gasteiger partial charge on any atom is 0.161 e. The van der Waals surface area contributed by atoms with Crippen LogP contribution in [0.3, 0.4) is 0 Å². The number of ether oxygens (including phenoxy) is 2. The molecule has 4 heteroatoms. The molecule has 0 atom stereocenters. The molecule has 0 fully saturated rings. The number of hydrogen-bond donors (Lipinski definition) is 0. The van der Waals surface area contributed by atoms with Crippen LogP contribution in [0.2, 0.25) is 0 Å². The summed E-state index contributed by atoms with van der Waals surface area (Å²) in [5.74, 6) is 1.40. The summed E-state index contributed by atoms with van der Waals surface area (Å²) in [5.41, 5.74) is 5.38. The largest absolute Gasteiger partial charge is 0.493 e. The number of benzene rings is 3. The van der Waals surface area contributed by atoms with Crippen LogP contribution in [0.25, 0.3) is 0 Å². The van der Waals surface area contributed by atoms with Gasteiger partial charge in [0.2, 0.25) is 0 Å². The fourth-order valence-corrected chi connectivity index (χ4v) is 2.89. The number of methoxy groups -OCH3 is 1. The zero-order chi connectivity index (χ0) is 19.2. The number of rotatable bonds is 6. The summed E-state index contributed by atoms with van der Waals surface area (Å²) in [4.78, 5) is 4.62. The molecule has 138 valence electrons. The van der Waals surface area contributed by atoms with Crippen molar-refractivity contribution in [2.45, 2.75) is 20.5 Å². The lowest BCUT2D eigenvalue weighted by molar-refractivity contribution is 0.284. The van der Waals surface area contributed by atoms with Crippen molar-refractivity contribution >= 4 is 27.8 Å². The smallest absolute Gasteiger partial charge is 0.161 e. The molecule has 0 saturated carbocycles. The maximum atomic E-state index is 5.92. The molecule has 0 aromatic heterocycles. The SMILES string of the molecule is COc1cc(C=Nc2cc(C)ccc2C)ccc1OCc1ccc(Br)cc1. The van der Waals surface area contributed by atoms with Gasteiger partial charge < -0.3 is 9.47 Å². The Morgan fingerprint density at radius 2 is 1.70 bits per heavy atom. The predicted octanol–water partition coefficient (Wildman–Crippen LogP) is 6.40. The highest BCUT2D eigenvalue weighted by Crippen LogP contribution is 2.29. The third-order valence-corrected chi connectivity index (χ3v) is 4.74. The minimum Gasteiger partial charge on any atom is -0.493 e. The van der Waals surface area contributed by atoms with Crippen LogP contribution in [-0.2, 0) is 6.61 Å². The van der Waals surface area contributed by atoms with Crippen LogP contribution < -0.4 is 9.47 Å². The summed E-state index contributed by atoms with van der Waals surface area (Å²) in [5, 5.41) is 0. The predicted molar refractivity (Wildman–Crippen MR) is 115 cm³/mol. The van der Waals surface area contributed by atoms with Gasteiger partial charge in [0.1, 0.15) is 6.61 Å². The second kappa shape index (κ2) is 8.87. The molecule has 0 aliphatic heterocycles. The fraction of sp³-hybridized carbons (Fsp3) is 0.174. The zero-order valence-corrected chi connectivity index (χ0v) is 17.3. The molecular formula is C23H22BrNO2. The fourth-order valence-electron chi connectivity index (χ4n) is 2.63. The van der Waals surface area contributed by atoms with E-state index in [1.54, 1.807) is 7.11 Å². The number of aryl methyl sites for hydroxylation is 2. The second-order valence-corrected chi connectivity index (χ2v) is 7.29. The van der Waals surface area contributed by atoms with Crippen molar-refractivity contribution in [1.29, 1.82) is 0 Å². The summed E-state index contributed by atoms with van der Waals surface area (Å²) in [6.07, 6.45) is 1.85. The summed E-state index contributed by atoms with van der Waals surface area (Å²) in [7, 11) is 1.65. The molecule has 0 radical (unpaired) electrons. The van der Waals surface area contributed by atoms with Crippen molar-refractivity contribution in [3.05, 3.63) is 87.4 Å². The van der Waals surface area contributed by atoms with Crippen LogP contribution in [-0.4, -0.2) is 13.3 Å². The molecule has 0 unspecified atom stereocenters. The van der Waals surface area contributed by atoms with Crippen LogP contribution >= 0.6 is 15.9 Å². The molecule has 27 heavy (non-hydrogen) atoms. The third kappa shape index (κ3) is 5.20. The summed E-state index contributed by atoms with van der Waals surface area (Å²) in [6.45, 7) is 4.62. The van der Waals surface area contributed by atoms with Gasteiger partial charge in [-0.2, -0.15) is 0 Å². The highest BCUT2D eigenvalue weighted by Gasteiger charge is 2.06. The molecule has 0 spiro atoms. The lowest BCUT2D eigenvalue weighted by Gasteiger charge is -2.11. The third-order valence-electron chi connectivity index (χ3n) is 4.21. The van der Waals surface area contributed by atoms with E-state index in [1.165, 1.54) is 5.56 Å². The molecule has 0 amide bonds. The minimum atomic E-state index is 0.486.